The molecule has 0 saturated carbocycles. The standard InChI is InChI=1S/C28H25ClN4O5S/c1-2-38-27(37)20-10-14-22(15-11-20)30-24(34)16-23-26(36)32(17-18-6-4-3-5-7-18)28(39)33(23)31-25(35)19-8-12-21(29)13-9-19/h3-15,23H,2,16-17H2,1H3,(H,30,34)(H,31,35). The summed E-state index contributed by atoms with van der Waals surface area (Å²) in [4.78, 5) is 52.6. The van der Waals surface area contributed by atoms with Crippen molar-refractivity contribution < 1.29 is 23.9 Å². The summed E-state index contributed by atoms with van der Waals surface area (Å²) in [6.07, 6.45) is -0.287. The highest BCUT2D eigenvalue weighted by atomic mass is 35.5. The quantitative estimate of drug-likeness (QED) is 0.296. The smallest absolute Gasteiger partial charge is 0.338 e. The molecule has 1 aliphatic rings. The van der Waals surface area contributed by atoms with Gasteiger partial charge in [0.25, 0.3) is 11.8 Å². The van der Waals surface area contributed by atoms with Crippen LogP contribution in [0.3, 0.4) is 0 Å². The third-order valence-corrected chi connectivity index (χ3v) is 6.54. The Balaban J connectivity index is 1.51. The second-order valence-electron chi connectivity index (χ2n) is 8.58. The molecule has 3 aromatic rings. The van der Waals surface area contributed by atoms with Crippen LogP contribution in [0.5, 0.6) is 0 Å². The molecule has 0 radical (unpaired) electrons. The molecular formula is C28H25ClN4O5S. The summed E-state index contributed by atoms with van der Waals surface area (Å²) in [5.74, 6) is -1.88. The van der Waals surface area contributed by atoms with Gasteiger partial charge < -0.3 is 10.1 Å². The molecule has 1 unspecified atom stereocenters. The summed E-state index contributed by atoms with van der Waals surface area (Å²) in [7, 11) is 0. The van der Waals surface area contributed by atoms with Crippen LogP contribution >= 0.6 is 23.8 Å². The van der Waals surface area contributed by atoms with Crippen LogP contribution in [0.4, 0.5) is 5.69 Å². The van der Waals surface area contributed by atoms with E-state index >= 15 is 0 Å². The van der Waals surface area contributed by atoms with Crippen LogP contribution in [-0.2, 0) is 20.9 Å². The first-order valence-corrected chi connectivity index (χ1v) is 12.9. The molecule has 0 aromatic heterocycles. The van der Waals surface area contributed by atoms with Crippen LogP contribution in [-0.4, -0.2) is 51.4 Å². The van der Waals surface area contributed by atoms with E-state index in [-0.39, 0.29) is 24.7 Å². The van der Waals surface area contributed by atoms with Crippen LogP contribution in [0.15, 0.2) is 78.9 Å². The molecule has 1 saturated heterocycles. The maximum Gasteiger partial charge on any atom is 0.338 e. The van der Waals surface area contributed by atoms with E-state index in [1.54, 1.807) is 43.3 Å². The molecular weight excluding hydrogens is 540 g/mol. The van der Waals surface area contributed by atoms with E-state index in [1.807, 2.05) is 30.3 Å². The molecule has 1 atom stereocenters. The average molecular weight is 565 g/mol. The first kappa shape index (κ1) is 27.7. The molecule has 1 fully saturated rings. The van der Waals surface area contributed by atoms with Gasteiger partial charge in [-0.15, -0.1) is 0 Å². The van der Waals surface area contributed by atoms with Gasteiger partial charge >= 0.3 is 5.97 Å². The molecule has 0 aliphatic carbocycles. The van der Waals surface area contributed by atoms with Crippen molar-refractivity contribution in [1.82, 2.24) is 15.3 Å². The van der Waals surface area contributed by atoms with Gasteiger partial charge in [-0.1, -0.05) is 41.9 Å². The lowest BCUT2D eigenvalue weighted by Crippen LogP contribution is -2.49. The van der Waals surface area contributed by atoms with E-state index in [0.717, 1.165) is 5.56 Å². The molecule has 0 spiro atoms. The molecule has 3 amide bonds. The number of halogens is 1. The number of thiocarbonyl (C=S) groups is 1. The number of hydrogen-bond donors (Lipinski definition) is 2. The van der Waals surface area contributed by atoms with Crippen molar-refractivity contribution in [2.24, 2.45) is 0 Å². The fourth-order valence-corrected chi connectivity index (χ4v) is 4.38. The van der Waals surface area contributed by atoms with Crippen molar-refractivity contribution in [3.8, 4) is 0 Å². The average Bonchev–Trinajstić information content (AvgIpc) is 3.14. The van der Waals surface area contributed by atoms with Gasteiger partial charge in [0.15, 0.2) is 5.11 Å². The van der Waals surface area contributed by atoms with Gasteiger partial charge in [0.2, 0.25) is 5.91 Å². The third kappa shape index (κ3) is 6.78. The van der Waals surface area contributed by atoms with Gasteiger partial charge in [0.05, 0.1) is 25.1 Å². The van der Waals surface area contributed by atoms with Crippen LogP contribution in [0.25, 0.3) is 0 Å². The van der Waals surface area contributed by atoms with Gasteiger partial charge in [-0.05, 0) is 73.2 Å². The SMILES string of the molecule is CCOC(=O)c1ccc(NC(=O)CC2C(=O)N(Cc3ccccc3)C(=S)N2NC(=O)c2ccc(Cl)cc2)cc1. The maximum atomic E-state index is 13.5. The number of nitrogens with one attached hydrogen (secondary N) is 2. The Morgan fingerprint density at radius 2 is 1.59 bits per heavy atom. The second-order valence-corrected chi connectivity index (χ2v) is 9.38. The molecule has 0 bridgehead atoms. The number of rotatable bonds is 9. The minimum Gasteiger partial charge on any atom is -0.462 e. The number of ether oxygens (including phenoxy) is 1. The molecule has 1 aliphatic heterocycles. The largest absolute Gasteiger partial charge is 0.462 e. The number of hydrazine groups is 1. The van der Waals surface area contributed by atoms with E-state index in [4.69, 9.17) is 28.6 Å². The van der Waals surface area contributed by atoms with Crippen LogP contribution < -0.4 is 10.7 Å². The van der Waals surface area contributed by atoms with E-state index in [9.17, 15) is 19.2 Å². The van der Waals surface area contributed by atoms with Gasteiger partial charge in [0.1, 0.15) is 6.04 Å². The topological polar surface area (TPSA) is 108 Å². The van der Waals surface area contributed by atoms with Crippen molar-refractivity contribution in [1.29, 1.82) is 0 Å². The minimum atomic E-state index is -1.07. The number of amides is 3. The minimum absolute atomic E-state index is 0.0720. The van der Waals surface area contributed by atoms with Crippen molar-refractivity contribution in [3.05, 3.63) is 101 Å². The highest BCUT2D eigenvalue weighted by Crippen LogP contribution is 2.23. The normalized spacial score (nSPS) is 14.8. The fourth-order valence-electron chi connectivity index (χ4n) is 3.93. The molecule has 200 valence electrons. The lowest BCUT2D eigenvalue weighted by atomic mass is 10.1. The van der Waals surface area contributed by atoms with Crippen molar-refractivity contribution in [2.75, 3.05) is 11.9 Å². The summed E-state index contributed by atoms with van der Waals surface area (Å²) in [6, 6.07) is 20.6. The zero-order valence-corrected chi connectivity index (χ0v) is 22.5. The van der Waals surface area contributed by atoms with Crippen LogP contribution in [0.2, 0.25) is 5.02 Å². The number of carbonyl (C=O) groups is 4. The number of benzene rings is 3. The third-order valence-electron chi connectivity index (χ3n) is 5.87. The summed E-state index contributed by atoms with van der Waals surface area (Å²) in [6.45, 7) is 2.14. The molecule has 2 N–H and O–H groups in total. The number of anilines is 1. The summed E-state index contributed by atoms with van der Waals surface area (Å²) < 4.78 is 4.97. The Labute approximate surface area is 235 Å². The van der Waals surface area contributed by atoms with Crippen molar-refractivity contribution in [3.63, 3.8) is 0 Å². The van der Waals surface area contributed by atoms with Crippen molar-refractivity contribution >= 4 is 58.3 Å². The number of nitrogens with zero attached hydrogens (tertiary/aromatic N) is 2. The number of carbonyl (C=O) groups excluding carboxylic acids is 4. The lowest BCUT2D eigenvalue weighted by molar-refractivity contribution is -0.131. The molecule has 11 heteroatoms. The van der Waals surface area contributed by atoms with Crippen LogP contribution in [0, 0.1) is 0 Å². The Morgan fingerprint density at radius 3 is 2.23 bits per heavy atom. The molecule has 39 heavy (non-hydrogen) atoms. The Morgan fingerprint density at radius 1 is 0.949 bits per heavy atom. The van der Waals surface area contributed by atoms with Gasteiger partial charge in [0, 0.05) is 16.3 Å². The predicted molar refractivity (Wildman–Crippen MR) is 150 cm³/mol. The Bertz CT molecular complexity index is 1380. The Kier molecular flexibility index (Phi) is 8.90. The number of hydrogen-bond acceptors (Lipinski definition) is 6. The van der Waals surface area contributed by atoms with E-state index < -0.39 is 29.7 Å². The lowest BCUT2D eigenvalue weighted by Gasteiger charge is -2.24. The maximum absolute atomic E-state index is 13.5. The number of esters is 1. The second kappa shape index (κ2) is 12.5. The summed E-state index contributed by atoms with van der Waals surface area (Å²) >= 11 is 11.5. The molecule has 3 aromatic carbocycles. The summed E-state index contributed by atoms with van der Waals surface area (Å²) in [5, 5.41) is 4.51. The molecule has 4 rings (SSSR count). The van der Waals surface area contributed by atoms with E-state index in [0.29, 0.717) is 21.8 Å². The predicted octanol–water partition coefficient (Wildman–Crippen LogP) is 4.19. The highest BCUT2D eigenvalue weighted by Gasteiger charge is 2.44. The fraction of sp³-hybridized carbons (Fsp3) is 0.179. The first-order chi connectivity index (χ1) is 18.8. The van der Waals surface area contributed by atoms with E-state index in [1.165, 1.54) is 22.0 Å². The van der Waals surface area contributed by atoms with Gasteiger partial charge in [-0.25, -0.2) is 9.80 Å². The van der Waals surface area contributed by atoms with Crippen molar-refractivity contribution in [2.45, 2.75) is 25.9 Å². The van der Waals surface area contributed by atoms with Gasteiger partial charge in [-0.2, -0.15) is 0 Å². The zero-order valence-electron chi connectivity index (χ0n) is 20.9. The van der Waals surface area contributed by atoms with Gasteiger partial charge in [-0.3, -0.25) is 24.7 Å². The Hall–Kier alpha value is -4.28. The first-order valence-electron chi connectivity index (χ1n) is 12.1. The zero-order chi connectivity index (χ0) is 27.9. The van der Waals surface area contributed by atoms with E-state index in [2.05, 4.69) is 10.7 Å². The molecule has 1 heterocycles. The monoisotopic (exact) mass is 564 g/mol. The summed E-state index contributed by atoms with van der Waals surface area (Å²) in [5.41, 5.74) is 4.60. The highest BCUT2D eigenvalue weighted by molar-refractivity contribution is 7.80. The molecule has 9 nitrogen and oxygen atoms in total. The van der Waals surface area contributed by atoms with Crippen LogP contribution in [0.1, 0.15) is 39.6 Å².